The van der Waals surface area contributed by atoms with E-state index in [0.717, 1.165) is 40.6 Å². The van der Waals surface area contributed by atoms with Crippen LogP contribution in [-0.2, 0) is 0 Å². The maximum Gasteiger partial charge on any atom is 0.219 e. The normalized spacial score (nSPS) is 13.4. The smallest absolute Gasteiger partial charge is 0.219 e. The molecule has 1 aliphatic rings. The second-order valence-electron chi connectivity index (χ2n) is 11.5. The molecule has 216 valence electrons. The van der Waals surface area contributed by atoms with Crippen molar-refractivity contribution in [3.8, 4) is 17.3 Å². The van der Waals surface area contributed by atoms with Crippen molar-refractivity contribution >= 4 is 55.1 Å². The van der Waals surface area contributed by atoms with Crippen LogP contribution in [0.4, 0.5) is 5.69 Å². The first-order valence-electron chi connectivity index (χ1n) is 15.1. The number of rotatable bonds is 5. The molecule has 3 aromatic heterocycles. The van der Waals surface area contributed by atoms with Gasteiger partial charge >= 0.3 is 0 Å². The molecule has 0 atom stereocenters. The molecule has 0 saturated carbocycles. The predicted molar refractivity (Wildman–Crippen MR) is 184 cm³/mol. The van der Waals surface area contributed by atoms with E-state index in [1.807, 2.05) is 30.3 Å². The SMILES string of the molecule is CN1CN(c2ccc3c4ccccc4n(-c4cccc(Oc5ccccn5)c4)c3c2)C=C1n1c2ccccc2c2ccccc21. The summed E-state index contributed by atoms with van der Waals surface area (Å²) < 4.78 is 10.8. The van der Waals surface area contributed by atoms with Crippen LogP contribution in [0.3, 0.4) is 0 Å². The quantitative estimate of drug-likeness (QED) is 0.202. The number of fused-ring (bicyclic) bond motifs is 6. The standard InChI is InChI=1S/C39H29N5O/c1-41-26-42(25-39(41)44-35-17-6-3-13-30(35)31-14-4-7-18-36(31)44)27-20-21-33-32-15-2-5-16-34(32)43(37(33)24-27)28-11-10-12-29(23-28)45-38-19-8-9-22-40-38/h2-25H,26H2,1H3. The Balaban J connectivity index is 1.18. The summed E-state index contributed by atoms with van der Waals surface area (Å²) in [5, 5.41) is 4.96. The molecular weight excluding hydrogens is 554 g/mol. The van der Waals surface area contributed by atoms with E-state index in [0.29, 0.717) is 5.88 Å². The van der Waals surface area contributed by atoms with Crippen molar-refractivity contribution < 1.29 is 4.74 Å². The number of ether oxygens (including phenoxy) is 1. The molecule has 5 aromatic carbocycles. The molecule has 0 radical (unpaired) electrons. The Kier molecular flexibility index (Phi) is 5.68. The largest absolute Gasteiger partial charge is 0.439 e. The van der Waals surface area contributed by atoms with Crippen molar-refractivity contribution in [1.82, 2.24) is 19.0 Å². The van der Waals surface area contributed by atoms with Crippen molar-refractivity contribution in [2.75, 3.05) is 18.6 Å². The van der Waals surface area contributed by atoms with Gasteiger partial charge in [0, 0.05) is 64.5 Å². The van der Waals surface area contributed by atoms with Gasteiger partial charge in [0.2, 0.25) is 5.88 Å². The molecule has 0 spiro atoms. The van der Waals surface area contributed by atoms with Gasteiger partial charge in [-0.15, -0.1) is 0 Å². The Labute approximate surface area is 260 Å². The Morgan fingerprint density at radius 1 is 0.556 bits per heavy atom. The summed E-state index contributed by atoms with van der Waals surface area (Å²) in [5.74, 6) is 2.46. The molecule has 0 fully saturated rings. The van der Waals surface area contributed by atoms with E-state index in [1.165, 1.54) is 32.6 Å². The first-order valence-corrected chi connectivity index (χ1v) is 15.1. The number of aromatic nitrogens is 3. The second kappa shape index (κ2) is 10.0. The minimum Gasteiger partial charge on any atom is -0.439 e. The van der Waals surface area contributed by atoms with Crippen LogP contribution in [0.1, 0.15) is 0 Å². The Bertz CT molecular complexity index is 2370. The number of benzene rings is 5. The molecular formula is C39H29N5O. The molecule has 0 aliphatic carbocycles. The molecule has 6 nitrogen and oxygen atoms in total. The van der Waals surface area contributed by atoms with Crippen LogP contribution in [0.5, 0.6) is 11.6 Å². The summed E-state index contributed by atoms with van der Waals surface area (Å²) in [6.07, 6.45) is 4.01. The number of hydrogen-bond donors (Lipinski definition) is 0. The molecule has 9 rings (SSSR count). The third kappa shape index (κ3) is 4.07. The highest BCUT2D eigenvalue weighted by atomic mass is 16.5. The zero-order valence-corrected chi connectivity index (χ0v) is 24.7. The third-order valence-electron chi connectivity index (χ3n) is 8.76. The van der Waals surface area contributed by atoms with E-state index in [1.54, 1.807) is 6.20 Å². The van der Waals surface area contributed by atoms with Gasteiger partial charge in [-0.1, -0.05) is 72.8 Å². The monoisotopic (exact) mass is 583 g/mol. The highest BCUT2D eigenvalue weighted by molar-refractivity contribution is 6.11. The summed E-state index contributed by atoms with van der Waals surface area (Å²) in [5.41, 5.74) is 6.88. The van der Waals surface area contributed by atoms with Gasteiger partial charge in [-0.05, 0) is 48.5 Å². The van der Waals surface area contributed by atoms with Crippen molar-refractivity contribution in [1.29, 1.82) is 0 Å². The van der Waals surface area contributed by atoms with E-state index in [9.17, 15) is 0 Å². The van der Waals surface area contributed by atoms with Crippen molar-refractivity contribution in [3.63, 3.8) is 0 Å². The Hall–Kier alpha value is -6.01. The van der Waals surface area contributed by atoms with Crippen molar-refractivity contribution in [2.45, 2.75) is 0 Å². The van der Waals surface area contributed by atoms with Gasteiger partial charge in [0.05, 0.1) is 28.7 Å². The second-order valence-corrected chi connectivity index (χ2v) is 11.5. The summed E-state index contributed by atoms with van der Waals surface area (Å²) in [6, 6.07) is 46.6. The first-order chi connectivity index (χ1) is 22.2. The number of nitrogens with zero attached hydrogens (tertiary/aromatic N) is 5. The van der Waals surface area contributed by atoms with E-state index in [-0.39, 0.29) is 0 Å². The van der Waals surface area contributed by atoms with Crippen LogP contribution >= 0.6 is 0 Å². The van der Waals surface area contributed by atoms with Crippen LogP contribution in [-0.4, -0.2) is 32.7 Å². The minimum absolute atomic E-state index is 0.572. The van der Waals surface area contributed by atoms with Gasteiger partial charge in [0.15, 0.2) is 0 Å². The highest BCUT2D eigenvalue weighted by Gasteiger charge is 2.24. The van der Waals surface area contributed by atoms with Gasteiger partial charge in [-0.2, -0.15) is 0 Å². The van der Waals surface area contributed by atoms with E-state index in [2.05, 4.69) is 140 Å². The fourth-order valence-corrected chi connectivity index (χ4v) is 6.76. The van der Waals surface area contributed by atoms with Crippen LogP contribution in [0.15, 0.2) is 146 Å². The molecule has 1 aliphatic heterocycles. The summed E-state index contributed by atoms with van der Waals surface area (Å²) in [7, 11) is 2.16. The fraction of sp³-hybridized carbons (Fsp3) is 0.0513. The van der Waals surface area contributed by atoms with Crippen molar-refractivity contribution in [3.05, 3.63) is 146 Å². The van der Waals surface area contributed by atoms with E-state index >= 15 is 0 Å². The van der Waals surface area contributed by atoms with Gasteiger partial charge < -0.3 is 19.1 Å². The number of anilines is 1. The molecule has 45 heavy (non-hydrogen) atoms. The maximum absolute atomic E-state index is 6.12. The lowest BCUT2D eigenvalue weighted by atomic mass is 10.1. The summed E-state index contributed by atoms with van der Waals surface area (Å²) >= 11 is 0. The average Bonchev–Trinajstić information content (AvgIpc) is 3.74. The third-order valence-corrected chi connectivity index (χ3v) is 8.76. The number of pyridine rings is 1. The minimum atomic E-state index is 0.572. The van der Waals surface area contributed by atoms with Gasteiger partial charge in [0.25, 0.3) is 0 Å². The van der Waals surface area contributed by atoms with Crippen LogP contribution in [0.2, 0.25) is 0 Å². The first kappa shape index (κ1) is 25.5. The van der Waals surface area contributed by atoms with Gasteiger partial charge in [-0.3, -0.25) is 4.57 Å². The summed E-state index contributed by atoms with van der Waals surface area (Å²) in [4.78, 5) is 8.99. The average molecular weight is 584 g/mol. The van der Waals surface area contributed by atoms with E-state index < -0.39 is 0 Å². The molecule has 0 bridgehead atoms. The highest BCUT2D eigenvalue weighted by Crippen LogP contribution is 2.38. The Morgan fingerprint density at radius 2 is 1.20 bits per heavy atom. The van der Waals surface area contributed by atoms with Gasteiger partial charge in [-0.25, -0.2) is 4.98 Å². The fourth-order valence-electron chi connectivity index (χ4n) is 6.76. The molecule has 6 heteroatoms. The lowest BCUT2D eigenvalue weighted by molar-refractivity contribution is 0.463. The van der Waals surface area contributed by atoms with Crippen LogP contribution in [0.25, 0.3) is 55.1 Å². The van der Waals surface area contributed by atoms with Crippen LogP contribution < -0.4 is 9.64 Å². The number of para-hydroxylation sites is 3. The molecule has 0 N–H and O–H groups in total. The zero-order valence-electron chi connectivity index (χ0n) is 24.7. The zero-order chi connectivity index (χ0) is 29.9. The topological polar surface area (TPSA) is 38.5 Å². The Morgan fingerprint density at radius 3 is 1.89 bits per heavy atom. The molecule has 8 aromatic rings. The predicted octanol–water partition coefficient (Wildman–Crippen LogP) is 9.24. The van der Waals surface area contributed by atoms with Crippen LogP contribution in [0, 0.1) is 0 Å². The molecule has 0 saturated heterocycles. The number of hydrogen-bond acceptors (Lipinski definition) is 4. The van der Waals surface area contributed by atoms with Gasteiger partial charge in [0.1, 0.15) is 11.6 Å². The van der Waals surface area contributed by atoms with Crippen molar-refractivity contribution in [2.24, 2.45) is 0 Å². The summed E-state index contributed by atoms with van der Waals surface area (Å²) in [6.45, 7) is 0.745. The molecule has 4 heterocycles. The lowest BCUT2D eigenvalue weighted by Crippen LogP contribution is -2.24. The molecule has 0 unspecified atom stereocenters. The maximum atomic E-state index is 6.12. The molecule has 0 amide bonds. The van der Waals surface area contributed by atoms with E-state index in [4.69, 9.17) is 4.74 Å². The lowest BCUT2D eigenvalue weighted by Gasteiger charge is -2.20.